The number of aliphatic hydroxyl groups is 3. The van der Waals surface area contributed by atoms with Crippen molar-refractivity contribution < 1.29 is 48.9 Å². The number of rotatable bonds is 10. The van der Waals surface area contributed by atoms with E-state index in [0.717, 1.165) is 0 Å². The van der Waals surface area contributed by atoms with Gasteiger partial charge in [-0.25, -0.2) is 9.79 Å². The largest absolute Gasteiger partial charge is 0.394 e. The first-order chi connectivity index (χ1) is 22.7. The van der Waals surface area contributed by atoms with Gasteiger partial charge in [0.15, 0.2) is 12.2 Å². The van der Waals surface area contributed by atoms with Crippen LogP contribution in [0.1, 0.15) is 25.7 Å². The summed E-state index contributed by atoms with van der Waals surface area (Å²) in [5, 5.41) is 47.9. The van der Waals surface area contributed by atoms with E-state index in [-0.39, 0.29) is 18.8 Å². The number of nitrogens with two attached hydrogens (primary N) is 4. The Morgan fingerprint density at radius 1 is 0.979 bits per heavy atom. The number of urea groups is 1. The van der Waals surface area contributed by atoms with Crippen LogP contribution in [-0.4, -0.2) is 132 Å². The zero-order chi connectivity index (χ0) is 36.0. The molecule has 48 heavy (non-hydrogen) atoms. The Hall–Kier alpha value is -5.10. The average Bonchev–Trinajstić information content (AvgIpc) is 3.02. The molecule has 23 nitrogen and oxygen atoms in total. The van der Waals surface area contributed by atoms with Gasteiger partial charge in [-0.05, 0) is 19.4 Å². The van der Waals surface area contributed by atoms with Crippen molar-refractivity contribution in [3.63, 3.8) is 0 Å². The molecule has 0 radical (unpaired) electrons. The standard InChI is InChI=1S/C25H43N13O10/c26-3-1-2-10(27)4-16(41)32-12-6-30-23(47)18(11-5-17(42)37-24(28)36-11)38-20(44)13(7-31-25(29)48)33-21(45)14(8-39)35-22(46)15(9-40)34-19(12)43/h7,10-12,14-15,17-18,39-40,42H,1-6,8-9,26-27H2,(H,30,47)(H,32,41)(H,33,45)(H,34,43)(H,35,46)(H,38,44)(H3,28,36,37)(H3,29,31,48)/b13-7+/t10-,11+,12-,14+,15+,17+,18+/m1/s1. The van der Waals surface area contributed by atoms with Crippen LogP contribution in [0.4, 0.5) is 4.79 Å². The first kappa shape index (κ1) is 39.1. The molecule has 0 unspecified atom stereocenters. The lowest BCUT2D eigenvalue weighted by Crippen LogP contribution is -2.64. The van der Waals surface area contributed by atoms with E-state index in [1.165, 1.54) is 0 Å². The third-order valence-corrected chi connectivity index (χ3v) is 6.91. The maximum absolute atomic E-state index is 13.6. The van der Waals surface area contributed by atoms with Crippen molar-refractivity contribution in [3.8, 4) is 0 Å². The van der Waals surface area contributed by atoms with Gasteiger partial charge in [0.05, 0.1) is 19.3 Å². The molecule has 2 aliphatic heterocycles. The molecule has 8 amide bonds. The van der Waals surface area contributed by atoms with Gasteiger partial charge in [-0.15, -0.1) is 0 Å². The van der Waals surface area contributed by atoms with Gasteiger partial charge in [0.1, 0.15) is 29.9 Å². The van der Waals surface area contributed by atoms with Crippen LogP contribution in [-0.2, 0) is 28.8 Å². The van der Waals surface area contributed by atoms with Crippen molar-refractivity contribution in [3.05, 3.63) is 11.9 Å². The third kappa shape index (κ3) is 12.3. The van der Waals surface area contributed by atoms with Gasteiger partial charge in [-0.3, -0.25) is 28.8 Å². The molecular formula is C25H43N13O10. The SMILES string of the molecule is NCCC[C@@H](N)CC(=O)N[C@@H]1CNC(=O)[C@H]([C@@H]2C[C@H](O)N=C(N)N2)NC(=O)/C(=C\NC(N)=O)NC(=O)[C@H](CO)NC(=O)[C@H](CO)NC1=O. The summed E-state index contributed by atoms with van der Waals surface area (Å²) in [5.41, 5.74) is 21.5. The summed E-state index contributed by atoms with van der Waals surface area (Å²) < 4.78 is 0. The molecule has 0 aliphatic carbocycles. The molecule has 0 saturated carbocycles. The number of aliphatic hydroxyl groups excluding tert-OH is 3. The molecule has 0 spiro atoms. The van der Waals surface area contributed by atoms with Crippen molar-refractivity contribution in [2.45, 2.75) is 68.2 Å². The van der Waals surface area contributed by atoms with E-state index in [9.17, 15) is 48.9 Å². The number of hydrogen-bond donors (Lipinski definition) is 15. The van der Waals surface area contributed by atoms with Gasteiger partial charge >= 0.3 is 6.03 Å². The average molecular weight is 686 g/mol. The summed E-state index contributed by atoms with van der Waals surface area (Å²) in [6, 6.07) is -9.66. The Morgan fingerprint density at radius 3 is 2.23 bits per heavy atom. The molecule has 268 valence electrons. The summed E-state index contributed by atoms with van der Waals surface area (Å²) in [5.74, 6) is -6.65. The number of hydrogen-bond acceptors (Lipinski definition) is 15. The fourth-order valence-corrected chi connectivity index (χ4v) is 4.46. The molecule has 7 atom stereocenters. The van der Waals surface area contributed by atoms with E-state index in [1.807, 2.05) is 5.32 Å². The van der Waals surface area contributed by atoms with Crippen molar-refractivity contribution in [1.82, 2.24) is 42.5 Å². The molecule has 1 fully saturated rings. The topological polar surface area (TPSA) is 393 Å². The van der Waals surface area contributed by atoms with Crippen LogP contribution in [0.15, 0.2) is 16.9 Å². The first-order valence-electron chi connectivity index (χ1n) is 14.7. The number of amides is 8. The van der Waals surface area contributed by atoms with Crippen LogP contribution in [0.5, 0.6) is 0 Å². The fourth-order valence-electron chi connectivity index (χ4n) is 4.46. The number of carbonyl (C=O) groups excluding carboxylic acids is 7. The highest BCUT2D eigenvalue weighted by Gasteiger charge is 2.37. The normalized spacial score (nSPS) is 27.6. The highest BCUT2D eigenvalue weighted by molar-refractivity contribution is 6.02. The van der Waals surface area contributed by atoms with Crippen molar-refractivity contribution in [2.75, 3.05) is 26.3 Å². The molecule has 0 bridgehead atoms. The zero-order valence-electron chi connectivity index (χ0n) is 25.7. The lowest BCUT2D eigenvalue weighted by atomic mass is 10.0. The maximum atomic E-state index is 13.6. The van der Waals surface area contributed by atoms with Gasteiger partial charge < -0.3 is 80.8 Å². The lowest BCUT2D eigenvalue weighted by Gasteiger charge is -2.33. The van der Waals surface area contributed by atoms with Crippen LogP contribution in [0.3, 0.4) is 0 Å². The van der Waals surface area contributed by atoms with Gasteiger partial charge in [-0.1, -0.05) is 0 Å². The minimum atomic E-state index is -1.78. The quantitative estimate of drug-likeness (QED) is 0.0950. The van der Waals surface area contributed by atoms with Crippen LogP contribution in [0.25, 0.3) is 0 Å². The van der Waals surface area contributed by atoms with Gasteiger partial charge in [0, 0.05) is 31.6 Å². The summed E-state index contributed by atoms with van der Waals surface area (Å²) in [7, 11) is 0. The minimum absolute atomic E-state index is 0.245. The predicted octanol–water partition coefficient (Wildman–Crippen LogP) is -8.88. The van der Waals surface area contributed by atoms with E-state index in [4.69, 9.17) is 22.9 Å². The molecule has 19 N–H and O–H groups in total. The smallest absolute Gasteiger partial charge is 0.316 e. The molecule has 23 heteroatoms. The fraction of sp³-hybridized carbons (Fsp3) is 0.600. The molecule has 2 aliphatic rings. The Bertz CT molecular complexity index is 1280. The Morgan fingerprint density at radius 2 is 1.62 bits per heavy atom. The van der Waals surface area contributed by atoms with E-state index in [0.29, 0.717) is 25.6 Å². The molecule has 1 saturated heterocycles. The van der Waals surface area contributed by atoms with Crippen LogP contribution < -0.4 is 65.5 Å². The monoisotopic (exact) mass is 685 g/mol. The number of nitrogens with one attached hydrogen (secondary N) is 8. The predicted molar refractivity (Wildman–Crippen MR) is 164 cm³/mol. The second kappa shape index (κ2) is 18.9. The molecule has 0 aromatic heterocycles. The van der Waals surface area contributed by atoms with Gasteiger partial charge in [-0.2, -0.15) is 0 Å². The molecule has 2 rings (SSSR count). The highest BCUT2D eigenvalue weighted by Crippen LogP contribution is 2.11. The number of aliphatic imine (C=N–C) groups is 1. The third-order valence-electron chi connectivity index (χ3n) is 6.91. The Kier molecular flexibility index (Phi) is 15.4. The summed E-state index contributed by atoms with van der Waals surface area (Å²) in [4.78, 5) is 94.0. The highest BCUT2D eigenvalue weighted by atomic mass is 16.3. The first-order valence-corrected chi connectivity index (χ1v) is 14.7. The van der Waals surface area contributed by atoms with Crippen molar-refractivity contribution >= 4 is 47.4 Å². The van der Waals surface area contributed by atoms with Crippen LogP contribution in [0.2, 0.25) is 0 Å². The van der Waals surface area contributed by atoms with Gasteiger partial charge in [0.25, 0.3) is 5.91 Å². The second-order valence-electron chi connectivity index (χ2n) is 10.7. The van der Waals surface area contributed by atoms with Crippen molar-refractivity contribution in [2.24, 2.45) is 27.9 Å². The van der Waals surface area contributed by atoms with Gasteiger partial charge in [0.2, 0.25) is 29.5 Å². The van der Waals surface area contributed by atoms with Crippen LogP contribution in [0, 0.1) is 0 Å². The zero-order valence-corrected chi connectivity index (χ0v) is 25.7. The summed E-state index contributed by atoms with van der Waals surface area (Å²) in [6.07, 6.45) is -0.339. The van der Waals surface area contributed by atoms with E-state index >= 15 is 0 Å². The molecule has 0 aromatic carbocycles. The molecule has 2 heterocycles. The molecule has 0 aromatic rings. The number of carbonyl (C=O) groups is 7. The maximum Gasteiger partial charge on any atom is 0.316 e. The Labute approximate surface area is 273 Å². The molecular weight excluding hydrogens is 642 g/mol. The number of guanidine groups is 1. The number of primary amides is 1. The summed E-state index contributed by atoms with van der Waals surface area (Å²) in [6.45, 7) is -2.36. The minimum Gasteiger partial charge on any atom is -0.394 e. The van der Waals surface area contributed by atoms with E-state index in [1.54, 1.807) is 0 Å². The lowest BCUT2D eigenvalue weighted by molar-refractivity contribution is -0.135. The van der Waals surface area contributed by atoms with Crippen molar-refractivity contribution in [1.29, 1.82) is 0 Å². The van der Waals surface area contributed by atoms with E-state index < -0.39 is 109 Å². The van der Waals surface area contributed by atoms with Crippen LogP contribution >= 0.6 is 0 Å². The number of nitrogens with zero attached hydrogens (tertiary/aromatic N) is 1. The summed E-state index contributed by atoms with van der Waals surface area (Å²) >= 11 is 0. The second-order valence-corrected chi connectivity index (χ2v) is 10.7. The van der Waals surface area contributed by atoms with E-state index in [2.05, 4.69) is 42.2 Å². The Balaban J connectivity index is 2.54.